The van der Waals surface area contributed by atoms with E-state index in [1.807, 2.05) is 0 Å². The molecule has 1 rings (SSSR count). The van der Waals surface area contributed by atoms with E-state index in [0.717, 1.165) is 0 Å². The first-order chi connectivity index (χ1) is 4.61. The molecule has 0 atom stereocenters. The van der Waals surface area contributed by atoms with E-state index in [9.17, 15) is 0 Å². The van der Waals surface area contributed by atoms with E-state index in [1.165, 1.54) is 12.1 Å². The van der Waals surface area contributed by atoms with Gasteiger partial charge in [-0.15, -0.1) is 37.2 Å². The minimum absolute atomic E-state index is 0. The van der Waals surface area contributed by atoms with Gasteiger partial charge in [0, 0.05) is 6.07 Å². The van der Waals surface area contributed by atoms with Crippen LogP contribution in [0.25, 0.3) is 0 Å². The summed E-state index contributed by atoms with van der Waals surface area (Å²) in [5.41, 5.74) is 17.0. The molecule has 4 nitrogen and oxygen atoms in total. The summed E-state index contributed by atoms with van der Waals surface area (Å²) < 4.78 is 0. The van der Waals surface area contributed by atoms with Crippen LogP contribution in [0.15, 0.2) is 12.1 Å². The fourth-order valence-corrected chi connectivity index (χ4v) is 0.639. The molecule has 1 aromatic carbocycles. The Morgan fingerprint density at radius 3 is 1.54 bits per heavy atom. The second kappa shape index (κ2) is 6.77. The summed E-state index contributed by atoms with van der Waals surface area (Å²) in [6, 6.07) is 2.75. The lowest BCUT2D eigenvalue weighted by atomic mass is 10.2. The molecule has 0 aromatic heterocycles. The zero-order chi connectivity index (χ0) is 7.72. The Morgan fingerprint density at radius 1 is 0.769 bits per heavy atom. The highest BCUT2D eigenvalue weighted by atomic mass is 35.5. The van der Waals surface area contributed by atoms with Crippen molar-refractivity contribution in [1.82, 2.24) is 0 Å². The molecule has 0 spiro atoms. The van der Waals surface area contributed by atoms with Gasteiger partial charge in [-0.25, -0.2) is 0 Å². The zero-order valence-corrected chi connectivity index (χ0v) is 9.01. The SMILES string of the molecule is Cl.Cl.Cl.Nc1cc(N)c(O)cc1N. The molecule has 7 heteroatoms. The summed E-state index contributed by atoms with van der Waals surface area (Å²) in [7, 11) is 0. The summed E-state index contributed by atoms with van der Waals surface area (Å²) in [5.74, 6) is -0.0355. The van der Waals surface area contributed by atoms with Crippen molar-refractivity contribution < 1.29 is 5.11 Å². The predicted octanol–water partition coefficient (Wildman–Crippen LogP) is 1.40. The standard InChI is InChI=1S/C6H9N3O.3ClH/c7-3-1-5(9)6(10)2-4(3)8;;;/h1-2,10H,7-9H2;3*1H. The molecule has 0 fully saturated rings. The van der Waals surface area contributed by atoms with Crippen molar-refractivity contribution in [1.29, 1.82) is 0 Å². The summed E-state index contributed by atoms with van der Waals surface area (Å²) in [4.78, 5) is 0. The van der Waals surface area contributed by atoms with Gasteiger partial charge in [0.2, 0.25) is 0 Å². The summed E-state index contributed by atoms with van der Waals surface area (Å²) in [6.45, 7) is 0. The molecule has 7 N–H and O–H groups in total. The van der Waals surface area contributed by atoms with Crippen LogP contribution in [0.5, 0.6) is 5.75 Å². The molecule has 0 radical (unpaired) electrons. The Labute approximate surface area is 94.7 Å². The van der Waals surface area contributed by atoms with E-state index in [0.29, 0.717) is 11.4 Å². The number of aromatic hydroxyl groups is 1. The fourth-order valence-electron chi connectivity index (χ4n) is 0.639. The highest BCUT2D eigenvalue weighted by Gasteiger charge is 1.99. The Bertz CT molecular complexity index is 219. The van der Waals surface area contributed by atoms with Crippen LogP contribution in [0.3, 0.4) is 0 Å². The number of nitrogens with two attached hydrogens (primary N) is 3. The number of hydrogen-bond donors (Lipinski definition) is 4. The van der Waals surface area contributed by atoms with E-state index >= 15 is 0 Å². The van der Waals surface area contributed by atoms with Crippen LogP contribution in [0.4, 0.5) is 17.1 Å². The van der Waals surface area contributed by atoms with Gasteiger partial charge in [-0.1, -0.05) is 0 Å². The third-order valence-corrected chi connectivity index (χ3v) is 1.23. The lowest BCUT2D eigenvalue weighted by molar-refractivity contribution is 0.478. The Kier molecular flexibility index (Phi) is 9.45. The molecule has 0 saturated carbocycles. The maximum absolute atomic E-state index is 8.96. The van der Waals surface area contributed by atoms with Gasteiger partial charge in [-0.05, 0) is 6.07 Å². The van der Waals surface area contributed by atoms with Crippen molar-refractivity contribution in [2.45, 2.75) is 0 Å². The van der Waals surface area contributed by atoms with E-state index in [4.69, 9.17) is 22.3 Å². The molecular weight excluding hydrogens is 236 g/mol. The van der Waals surface area contributed by atoms with Crippen LogP contribution >= 0.6 is 37.2 Å². The third kappa shape index (κ3) is 4.17. The number of rotatable bonds is 0. The molecule has 0 amide bonds. The van der Waals surface area contributed by atoms with Crippen LogP contribution in [0.1, 0.15) is 0 Å². The van der Waals surface area contributed by atoms with Crippen LogP contribution in [-0.4, -0.2) is 5.11 Å². The first-order valence-electron chi connectivity index (χ1n) is 2.74. The molecule has 0 unspecified atom stereocenters. The highest BCUT2D eigenvalue weighted by Crippen LogP contribution is 2.27. The molecule has 0 bridgehead atoms. The number of benzene rings is 1. The molecule has 1 aromatic rings. The van der Waals surface area contributed by atoms with Gasteiger partial charge in [0.1, 0.15) is 5.75 Å². The van der Waals surface area contributed by atoms with Crippen LogP contribution in [0, 0.1) is 0 Å². The molecule has 13 heavy (non-hydrogen) atoms. The van der Waals surface area contributed by atoms with Gasteiger partial charge >= 0.3 is 0 Å². The summed E-state index contributed by atoms with van der Waals surface area (Å²) in [5, 5.41) is 8.96. The number of phenolic OH excluding ortho intramolecular Hbond substituents is 1. The maximum Gasteiger partial charge on any atom is 0.140 e. The quantitative estimate of drug-likeness (QED) is 0.317. The maximum atomic E-state index is 8.96. The monoisotopic (exact) mass is 247 g/mol. The first kappa shape index (κ1) is 18.2. The average Bonchev–Trinajstić information content (AvgIpc) is 1.84. The van der Waals surface area contributed by atoms with Crippen molar-refractivity contribution in [3.05, 3.63) is 12.1 Å². The van der Waals surface area contributed by atoms with Gasteiger partial charge in [0.25, 0.3) is 0 Å². The second-order valence-electron chi connectivity index (χ2n) is 2.04. The van der Waals surface area contributed by atoms with Gasteiger partial charge in [-0.2, -0.15) is 0 Å². The fraction of sp³-hybridized carbons (Fsp3) is 0. The van der Waals surface area contributed by atoms with Crippen molar-refractivity contribution in [3.63, 3.8) is 0 Å². The summed E-state index contributed by atoms with van der Waals surface area (Å²) in [6.07, 6.45) is 0. The van der Waals surface area contributed by atoms with Gasteiger partial charge in [0.15, 0.2) is 0 Å². The number of hydrogen-bond acceptors (Lipinski definition) is 4. The minimum Gasteiger partial charge on any atom is -0.506 e. The third-order valence-electron chi connectivity index (χ3n) is 1.23. The van der Waals surface area contributed by atoms with Crippen molar-refractivity contribution in [3.8, 4) is 5.75 Å². The Morgan fingerprint density at radius 2 is 1.15 bits per heavy atom. The molecular formula is C6H12Cl3N3O. The predicted molar refractivity (Wildman–Crippen MR) is 63.1 cm³/mol. The topological polar surface area (TPSA) is 98.3 Å². The van der Waals surface area contributed by atoms with Crippen LogP contribution in [0.2, 0.25) is 0 Å². The van der Waals surface area contributed by atoms with Gasteiger partial charge < -0.3 is 22.3 Å². The molecule has 0 aliphatic heterocycles. The lowest BCUT2D eigenvalue weighted by Crippen LogP contribution is -1.96. The Balaban J connectivity index is -0.000000333. The van der Waals surface area contributed by atoms with Crippen molar-refractivity contribution in [2.24, 2.45) is 0 Å². The van der Waals surface area contributed by atoms with E-state index in [1.54, 1.807) is 0 Å². The normalized spacial score (nSPS) is 7.38. The van der Waals surface area contributed by atoms with E-state index < -0.39 is 0 Å². The molecule has 0 heterocycles. The smallest absolute Gasteiger partial charge is 0.140 e. The number of halogens is 3. The number of anilines is 3. The average molecular weight is 249 g/mol. The van der Waals surface area contributed by atoms with Gasteiger partial charge in [-0.3, -0.25) is 0 Å². The number of nitrogen functional groups attached to an aromatic ring is 3. The second-order valence-corrected chi connectivity index (χ2v) is 2.04. The van der Waals surface area contributed by atoms with Crippen molar-refractivity contribution >= 4 is 54.3 Å². The summed E-state index contributed by atoms with van der Waals surface area (Å²) >= 11 is 0. The van der Waals surface area contributed by atoms with E-state index in [2.05, 4.69) is 0 Å². The molecule has 78 valence electrons. The van der Waals surface area contributed by atoms with Gasteiger partial charge in [0.05, 0.1) is 17.1 Å². The highest BCUT2D eigenvalue weighted by molar-refractivity contribution is 5.86. The molecule has 0 saturated heterocycles. The Hall–Kier alpha value is -0.710. The minimum atomic E-state index is -0.0355. The van der Waals surface area contributed by atoms with Crippen molar-refractivity contribution in [2.75, 3.05) is 17.2 Å². The molecule has 0 aliphatic rings. The largest absolute Gasteiger partial charge is 0.506 e. The molecule has 0 aliphatic carbocycles. The number of phenols is 1. The van der Waals surface area contributed by atoms with E-state index in [-0.39, 0.29) is 48.7 Å². The lowest BCUT2D eigenvalue weighted by Gasteiger charge is -2.02. The van der Waals surface area contributed by atoms with Crippen LogP contribution < -0.4 is 17.2 Å². The van der Waals surface area contributed by atoms with Crippen LogP contribution in [-0.2, 0) is 0 Å². The first-order valence-corrected chi connectivity index (χ1v) is 2.74. The zero-order valence-electron chi connectivity index (χ0n) is 6.56.